The summed E-state index contributed by atoms with van der Waals surface area (Å²) >= 11 is 0. The average molecular weight is 509 g/mol. The van der Waals surface area contributed by atoms with E-state index in [4.69, 9.17) is 19.6 Å². The van der Waals surface area contributed by atoms with E-state index < -0.39 is 6.61 Å². The third kappa shape index (κ3) is 6.13. The van der Waals surface area contributed by atoms with E-state index in [-0.39, 0.29) is 47.3 Å². The van der Waals surface area contributed by atoms with Gasteiger partial charge in [0.1, 0.15) is 0 Å². The monoisotopic (exact) mass is 508 g/mol. The van der Waals surface area contributed by atoms with Gasteiger partial charge in [0.15, 0.2) is 23.0 Å². The molecule has 1 saturated carbocycles. The molecule has 0 spiro atoms. The number of carbonyl (C=O) groups excluding carboxylic acids is 1. The summed E-state index contributed by atoms with van der Waals surface area (Å²) in [7, 11) is 1.66. The summed E-state index contributed by atoms with van der Waals surface area (Å²) in [6.45, 7) is 3.90. The summed E-state index contributed by atoms with van der Waals surface area (Å²) in [4.78, 5) is 21.9. The highest BCUT2D eigenvalue weighted by Gasteiger charge is 2.34. The normalized spacial score (nSPS) is 18.8. The smallest absolute Gasteiger partial charge is 0.387 e. The maximum Gasteiger partial charge on any atom is 0.387 e. The number of rotatable bonds is 11. The molecule has 2 heterocycles. The maximum atomic E-state index is 13.5. The largest absolute Gasteiger partial charge is 0.489 e. The number of piperazine rings is 1. The van der Waals surface area contributed by atoms with Crippen molar-refractivity contribution in [3.8, 4) is 23.0 Å². The van der Waals surface area contributed by atoms with Crippen molar-refractivity contribution in [3.63, 3.8) is 0 Å². The van der Waals surface area contributed by atoms with Gasteiger partial charge in [0.05, 0.1) is 19.9 Å². The van der Waals surface area contributed by atoms with E-state index >= 15 is 0 Å². The molecule has 0 bridgehead atoms. The first-order valence-electron chi connectivity index (χ1n) is 12.2. The van der Waals surface area contributed by atoms with Gasteiger partial charge >= 0.3 is 6.61 Å². The van der Waals surface area contributed by atoms with Crippen LogP contribution in [-0.4, -0.2) is 73.4 Å². The zero-order valence-electron chi connectivity index (χ0n) is 20.9. The summed E-state index contributed by atoms with van der Waals surface area (Å²) < 4.78 is 47.3. The molecule has 1 aliphatic carbocycles. The highest BCUT2D eigenvalue weighted by atomic mass is 19.3. The summed E-state index contributed by atoms with van der Waals surface area (Å²) in [5.41, 5.74) is 6.52. The molecule has 36 heavy (non-hydrogen) atoms. The number of hydrogen-bond donors (Lipinski definition) is 1. The van der Waals surface area contributed by atoms with Gasteiger partial charge in [-0.3, -0.25) is 9.69 Å². The molecule has 11 heteroatoms. The molecule has 1 aromatic heterocycles. The van der Waals surface area contributed by atoms with Crippen LogP contribution in [0.5, 0.6) is 11.5 Å². The Morgan fingerprint density at radius 2 is 2.03 bits per heavy atom. The standard InChI is InChI=1S/C25H34F2N4O5/c1-15(2)18-12-30(8-9-31(18)14-33-3)24(32)22-21(11-28)35-23(29-22)17-6-7-19(36-25(26)27)20(10-17)34-13-16-4-5-16/h6-7,10,15-16,18,25H,4-5,8-9,11-14,28H2,1-3H3. The van der Waals surface area contributed by atoms with Crippen LogP contribution in [0, 0.1) is 11.8 Å². The first-order chi connectivity index (χ1) is 17.3. The lowest BCUT2D eigenvalue weighted by molar-refractivity contribution is -0.0515. The number of alkyl halides is 2. The fourth-order valence-electron chi connectivity index (χ4n) is 4.36. The lowest BCUT2D eigenvalue weighted by atomic mass is 10.00. The third-order valence-corrected chi connectivity index (χ3v) is 6.55. The number of ether oxygens (including phenoxy) is 3. The second-order valence-corrected chi connectivity index (χ2v) is 9.58. The van der Waals surface area contributed by atoms with Gasteiger partial charge in [0.25, 0.3) is 5.91 Å². The van der Waals surface area contributed by atoms with Crippen molar-refractivity contribution in [2.75, 3.05) is 40.1 Å². The molecule has 0 radical (unpaired) electrons. The number of carbonyl (C=O) groups is 1. The van der Waals surface area contributed by atoms with Crippen molar-refractivity contribution >= 4 is 5.91 Å². The van der Waals surface area contributed by atoms with Crippen molar-refractivity contribution in [1.29, 1.82) is 0 Å². The molecule has 1 amide bonds. The minimum Gasteiger partial charge on any atom is -0.489 e. The Kier molecular flexibility index (Phi) is 8.43. The Morgan fingerprint density at radius 3 is 2.67 bits per heavy atom. The van der Waals surface area contributed by atoms with Crippen LogP contribution in [0.15, 0.2) is 22.6 Å². The zero-order valence-corrected chi connectivity index (χ0v) is 20.9. The number of hydrogen-bond acceptors (Lipinski definition) is 8. The Labute approximate surface area is 209 Å². The van der Waals surface area contributed by atoms with Crippen LogP contribution >= 0.6 is 0 Å². The molecule has 1 aromatic carbocycles. The van der Waals surface area contributed by atoms with Crippen molar-refractivity contribution < 1.29 is 32.2 Å². The molecule has 1 unspecified atom stereocenters. The van der Waals surface area contributed by atoms with Crippen molar-refractivity contribution in [2.45, 2.75) is 45.9 Å². The van der Waals surface area contributed by atoms with Crippen molar-refractivity contribution in [3.05, 3.63) is 29.7 Å². The first kappa shape index (κ1) is 26.3. The molecule has 2 aliphatic rings. The van der Waals surface area contributed by atoms with E-state index in [2.05, 4.69) is 28.5 Å². The summed E-state index contributed by atoms with van der Waals surface area (Å²) in [6.07, 6.45) is 2.10. The Bertz CT molecular complexity index is 1040. The number of aromatic nitrogens is 1. The fraction of sp³-hybridized carbons (Fsp3) is 0.600. The first-order valence-corrected chi connectivity index (χ1v) is 12.2. The van der Waals surface area contributed by atoms with Crippen LogP contribution in [0.25, 0.3) is 11.5 Å². The molecule has 1 atom stereocenters. The molecule has 2 aromatic rings. The van der Waals surface area contributed by atoms with E-state index in [1.54, 1.807) is 24.1 Å². The average Bonchev–Trinajstić information content (AvgIpc) is 3.59. The number of oxazole rings is 1. The number of methoxy groups -OCH3 is 1. The molecule has 9 nitrogen and oxygen atoms in total. The van der Waals surface area contributed by atoms with E-state index in [1.807, 2.05) is 0 Å². The summed E-state index contributed by atoms with van der Waals surface area (Å²) in [5, 5.41) is 0. The van der Waals surface area contributed by atoms with Gasteiger partial charge in [0.2, 0.25) is 5.89 Å². The van der Waals surface area contributed by atoms with Crippen LogP contribution in [0.4, 0.5) is 8.78 Å². The minimum atomic E-state index is -2.98. The van der Waals surface area contributed by atoms with Crippen LogP contribution in [0.2, 0.25) is 0 Å². The highest BCUT2D eigenvalue weighted by Crippen LogP contribution is 2.37. The second kappa shape index (κ2) is 11.5. The Hall–Kier alpha value is -2.76. The topological polar surface area (TPSA) is 103 Å². The van der Waals surface area contributed by atoms with E-state index in [0.717, 1.165) is 12.8 Å². The maximum absolute atomic E-state index is 13.5. The van der Waals surface area contributed by atoms with Crippen molar-refractivity contribution in [1.82, 2.24) is 14.8 Å². The number of benzene rings is 1. The molecule has 1 saturated heterocycles. The van der Waals surface area contributed by atoms with Gasteiger partial charge in [-0.05, 0) is 42.9 Å². The number of amides is 1. The van der Waals surface area contributed by atoms with Gasteiger partial charge in [-0.15, -0.1) is 0 Å². The minimum absolute atomic E-state index is 0.0110. The number of halogens is 2. The van der Waals surface area contributed by atoms with Crippen LogP contribution in [0.3, 0.4) is 0 Å². The van der Waals surface area contributed by atoms with E-state index in [0.29, 0.717) is 50.4 Å². The molecule has 198 valence electrons. The predicted octanol–water partition coefficient (Wildman–Crippen LogP) is 3.58. The predicted molar refractivity (Wildman–Crippen MR) is 128 cm³/mol. The lowest BCUT2D eigenvalue weighted by Gasteiger charge is -2.42. The molecule has 2 fully saturated rings. The highest BCUT2D eigenvalue weighted by molar-refractivity contribution is 5.94. The van der Waals surface area contributed by atoms with Crippen LogP contribution in [-0.2, 0) is 11.3 Å². The quantitative estimate of drug-likeness (QED) is 0.491. The van der Waals surface area contributed by atoms with E-state index in [1.165, 1.54) is 6.07 Å². The second-order valence-electron chi connectivity index (χ2n) is 9.58. The molecule has 1 aliphatic heterocycles. The Morgan fingerprint density at radius 1 is 1.25 bits per heavy atom. The van der Waals surface area contributed by atoms with E-state index in [9.17, 15) is 13.6 Å². The zero-order chi connectivity index (χ0) is 25.8. The van der Waals surface area contributed by atoms with Gasteiger partial charge in [-0.1, -0.05) is 13.8 Å². The lowest BCUT2D eigenvalue weighted by Crippen LogP contribution is -2.57. The molecular weight excluding hydrogens is 474 g/mol. The van der Waals surface area contributed by atoms with Gasteiger partial charge in [-0.2, -0.15) is 8.78 Å². The van der Waals surface area contributed by atoms with Crippen LogP contribution in [0.1, 0.15) is 42.9 Å². The molecular formula is C25H34F2N4O5. The summed E-state index contributed by atoms with van der Waals surface area (Å²) in [6, 6.07) is 4.61. The number of nitrogens with zero attached hydrogens (tertiary/aromatic N) is 3. The molecule has 4 rings (SSSR count). The van der Waals surface area contributed by atoms with Gasteiger partial charge < -0.3 is 29.3 Å². The van der Waals surface area contributed by atoms with Crippen LogP contribution < -0.4 is 15.2 Å². The van der Waals surface area contributed by atoms with Gasteiger partial charge in [-0.25, -0.2) is 4.98 Å². The fourth-order valence-corrected chi connectivity index (χ4v) is 4.36. The van der Waals surface area contributed by atoms with Gasteiger partial charge in [0, 0.05) is 38.3 Å². The Balaban J connectivity index is 1.57. The molecule has 2 N–H and O–H groups in total. The van der Waals surface area contributed by atoms with Crippen molar-refractivity contribution in [2.24, 2.45) is 17.6 Å². The summed E-state index contributed by atoms with van der Waals surface area (Å²) in [5.74, 6) is 1.03. The number of nitrogens with two attached hydrogens (primary N) is 1. The SMILES string of the molecule is COCN1CCN(C(=O)c2nc(-c3ccc(OC(F)F)c(OCC4CC4)c3)oc2CN)CC1C(C)C. The third-order valence-electron chi connectivity index (χ3n) is 6.55.